The third-order valence-electron chi connectivity index (χ3n) is 4.14. The number of carboxylic acids is 1. The molecule has 3 N–H and O–H groups in total. The van der Waals surface area contributed by atoms with Gasteiger partial charge in [0.2, 0.25) is 0 Å². The molecule has 15 heavy (non-hydrogen) atoms. The number of hydrogen-bond donors (Lipinski definition) is 2. The van der Waals surface area contributed by atoms with Crippen molar-refractivity contribution in [3.63, 3.8) is 0 Å². The summed E-state index contributed by atoms with van der Waals surface area (Å²) in [7, 11) is 0. The molecule has 2 aliphatic rings. The molecule has 1 saturated heterocycles. The maximum atomic E-state index is 10.8. The Kier molecular flexibility index (Phi) is 2.98. The SMILES string of the molecule is CC(C(N)C(=O)O)N1CC2CCCC2C1. The molecule has 86 valence electrons. The number of nitrogens with zero attached hydrogens (tertiary/aromatic N) is 1. The fourth-order valence-corrected chi connectivity index (χ4v) is 3.04. The van der Waals surface area contributed by atoms with E-state index in [4.69, 9.17) is 10.8 Å². The fourth-order valence-electron chi connectivity index (χ4n) is 3.04. The topological polar surface area (TPSA) is 66.6 Å². The number of nitrogens with two attached hydrogens (primary N) is 1. The molecular weight excluding hydrogens is 192 g/mol. The van der Waals surface area contributed by atoms with E-state index in [-0.39, 0.29) is 6.04 Å². The highest BCUT2D eigenvalue weighted by Crippen LogP contribution is 2.38. The van der Waals surface area contributed by atoms with E-state index in [0.29, 0.717) is 0 Å². The van der Waals surface area contributed by atoms with E-state index in [2.05, 4.69) is 4.90 Å². The number of carboxylic acid groups (broad SMARTS) is 1. The fraction of sp³-hybridized carbons (Fsp3) is 0.909. The van der Waals surface area contributed by atoms with Gasteiger partial charge in [-0.2, -0.15) is 0 Å². The molecule has 1 aliphatic carbocycles. The summed E-state index contributed by atoms with van der Waals surface area (Å²) in [6.45, 7) is 4.03. The summed E-state index contributed by atoms with van der Waals surface area (Å²) >= 11 is 0. The van der Waals surface area contributed by atoms with E-state index >= 15 is 0 Å². The van der Waals surface area contributed by atoms with Gasteiger partial charge in [0.15, 0.2) is 0 Å². The molecule has 4 nitrogen and oxygen atoms in total. The molecule has 0 radical (unpaired) electrons. The van der Waals surface area contributed by atoms with Crippen LogP contribution in [0.2, 0.25) is 0 Å². The van der Waals surface area contributed by atoms with E-state index in [1.807, 2.05) is 6.92 Å². The summed E-state index contributed by atoms with van der Waals surface area (Å²) in [6, 6.07) is -0.781. The standard InChI is InChI=1S/C11H20N2O2/c1-7(10(12)11(14)15)13-5-8-3-2-4-9(8)6-13/h7-10H,2-6,12H2,1H3,(H,14,15). The Morgan fingerprint density at radius 1 is 1.40 bits per heavy atom. The number of rotatable bonds is 3. The molecule has 4 unspecified atom stereocenters. The quantitative estimate of drug-likeness (QED) is 0.715. The summed E-state index contributed by atoms with van der Waals surface area (Å²) < 4.78 is 0. The van der Waals surface area contributed by atoms with Crippen LogP contribution in [-0.2, 0) is 4.79 Å². The van der Waals surface area contributed by atoms with Crippen LogP contribution in [0, 0.1) is 11.8 Å². The molecule has 4 atom stereocenters. The van der Waals surface area contributed by atoms with E-state index < -0.39 is 12.0 Å². The first-order chi connectivity index (χ1) is 7.09. The molecular formula is C11H20N2O2. The Morgan fingerprint density at radius 3 is 2.40 bits per heavy atom. The molecule has 0 amide bonds. The van der Waals surface area contributed by atoms with Crippen LogP contribution >= 0.6 is 0 Å². The van der Waals surface area contributed by atoms with Crippen molar-refractivity contribution in [3.05, 3.63) is 0 Å². The number of likely N-dealkylation sites (tertiary alicyclic amines) is 1. The molecule has 2 rings (SSSR count). The Labute approximate surface area is 90.4 Å². The normalized spacial score (nSPS) is 35.1. The average molecular weight is 212 g/mol. The zero-order valence-corrected chi connectivity index (χ0v) is 9.22. The van der Waals surface area contributed by atoms with Gasteiger partial charge in [0.25, 0.3) is 0 Å². The van der Waals surface area contributed by atoms with Gasteiger partial charge >= 0.3 is 5.97 Å². The molecule has 2 fully saturated rings. The van der Waals surface area contributed by atoms with Crippen molar-refractivity contribution in [1.29, 1.82) is 0 Å². The second kappa shape index (κ2) is 4.10. The maximum absolute atomic E-state index is 10.8. The highest BCUT2D eigenvalue weighted by molar-refractivity contribution is 5.74. The largest absolute Gasteiger partial charge is 0.480 e. The highest BCUT2D eigenvalue weighted by atomic mass is 16.4. The van der Waals surface area contributed by atoms with Gasteiger partial charge in [-0.25, -0.2) is 0 Å². The second-order valence-electron chi connectivity index (χ2n) is 5.01. The third-order valence-corrected chi connectivity index (χ3v) is 4.14. The van der Waals surface area contributed by atoms with Gasteiger partial charge in [-0.15, -0.1) is 0 Å². The van der Waals surface area contributed by atoms with Gasteiger partial charge in [0.1, 0.15) is 6.04 Å². The number of aliphatic carboxylic acids is 1. The molecule has 0 bridgehead atoms. The van der Waals surface area contributed by atoms with Crippen LogP contribution in [0.3, 0.4) is 0 Å². The minimum absolute atomic E-state index is 0.0342. The molecule has 0 aromatic heterocycles. The Hall–Kier alpha value is -0.610. The Morgan fingerprint density at radius 2 is 1.93 bits per heavy atom. The van der Waals surface area contributed by atoms with Crippen LogP contribution in [-0.4, -0.2) is 41.1 Å². The van der Waals surface area contributed by atoms with Crippen molar-refractivity contribution < 1.29 is 9.90 Å². The summed E-state index contributed by atoms with van der Waals surface area (Å²) in [5.74, 6) is 0.710. The van der Waals surface area contributed by atoms with E-state index in [1.54, 1.807) is 0 Å². The summed E-state index contributed by atoms with van der Waals surface area (Å²) in [5.41, 5.74) is 5.65. The van der Waals surface area contributed by atoms with Crippen molar-refractivity contribution in [2.24, 2.45) is 17.6 Å². The van der Waals surface area contributed by atoms with Crippen LogP contribution < -0.4 is 5.73 Å². The van der Waals surface area contributed by atoms with Gasteiger partial charge in [-0.05, 0) is 31.6 Å². The maximum Gasteiger partial charge on any atom is 0.322 e. The lowest BCUT2D eigenvalue weighted by Crippen LogP contribution is -2.49. The molecule has 1 saturated carbocycles. The first-order valence-electron chi connectivity index (χ1n) is 5.82. The first-order valence-corrected chi connectivity index (χ1v) is 5.82. The van der Waals surface area contributed by atoms with Crippen molar-refractivity contribution in [2.45, 2.75) is 38.3 Å². The van der Waals surface area contributed by atoms with Crippen molar-refractivity contribution >= 4 is 5.97 Å². The first kappa shape index (κ1) is 10.9. The summed E-state index contributed by atoms with van der Waals surface area (Å²) in [5, 5.41) is 8.86. The minimum Gasteiger partial charge on any atom is -0.480 e. The predicted molar refractivity (Wildman–Crippen MR) is 57.5 cm³/mol. The van der Waals surface area contributed by atoms with E-state index in [9.17, 15) is 4.79 Å². The third kappa shape index (κ3) is 2.01. The molecule has 1 heterocycles. The van der Waals surface area contributed by atoms with Crippen LogP contribution in [0.25, 0.3) is 0 Å². The van der Waals surface area contributed by atoms with Gasteiger partial charge in [-0.3, -0.25) is 9.69 Å². The molecule has 0 aromatic carbocycles. The number of fused-ring (bicyclic) bond motifs is 1. The molecule has 0 spiro atoms. The Bertz CT molecular complexity index is 245. The zero-order chi connectivity index (χ0) is 11.0. The lowest BCUT2D eigenvalue weighted by molar-refractivity contribution is -0.140. The number of carbonyl (C=O) groups is 1. The van der Waals surface area contributed by atoms with E-state index in [1.165, 1.54) is 19.3 Å². The minimum atomic E-state index is -0.889. The second-order valence-corrected chi connectivity index (χ2v) is 5.01. The summed E-state index contributed by atoms with van der Waals surface area (Å²) in [4.78, 5) is 13.0. The van der Waals surface area contributed by atoms with Crippen molar-refractivity contribution in [1.82, 2.24) is 4.90 Å². The van der Waals surface area contributed by atoms with Gasteiger partial charge in [0.05, 0.1) is 0 Å². The zero-order valence-electron chi connectivity index (χ0n) is 9.22. The molecule has 0 aromatic rings. The van der Waals surface area contributed by atoms with E-state index in [0.717, 1.165) is 24.9 Å². The molecule has 1 aliphatic heterocycles. The van der Waals surface area contributed by atoms with Gasteiger partial charge in [-0.1, -0.05) is 6.42 Å². The van der Waals surface area contributed by atoms with Crippen molar-refractivity contribution in [3.8, 4) is 0 Å². The van der Waals surface area contributed by atoms with Crippen molar-refractivity contribution in [2.75, 3.05) is 13.1 Å². The lowest BCUT2D eigenvalue weighted by Gasteiger charge is -2.27. The number of hydrogen-bond acceptors (Lipinski definition) is 3. The van der Waals surface area contributed by atoms with Crippen LogP contribution in [0.4, 0.5) is 0 Å². The van der Waals surface area contributed by atoms with Gasteiger partial charge in [0, 0.05) is 19.1 Å². The van der Waals surface area contributed by atoms with Crippen LogP contribution in [0.1, 0.15) is 26.2 Å². The molecule has 4 heteroatoms. The van der Waals surface area contributed by atoms with Gasteiger partial charge < -0.3 is 10.8 Å². The Balaban J connectivity index is 1.93. The lowest BCUT2D eigenvalue weighted by atomic mass is 10.0. The predicted octanol–water partition coefficient (Wildman–Crippen LogP) is 0.519. The smallest absolute Gasteiger partial charge is 0.322 e. The monoisotopic (exact) mass is 212 g/mol. The highest BCUT2D eigenvalue weighted by Gasteiger charge is 2.39. The summed E-state index contributed by atoms with van der Waals surface area (Å²) in [6.07, 6.45) is 3.98. The van der Waals surface area contributed by atoms with Crippen LogP contribution in [0.5, 0.6) is 0 Å². The average Bonchev–Trinajstić information content (AvgIpc) is 2.74. The van der Waals surface area contributed by atoms with Crippen LogP contribution in [0.15, 0.2) is 0 Å².